The third-order valence-electron chi connectivity index (χ3n) is 0.237. The Kier molecular flexibility index (Phi) is 0.913. The molecule has 0 saturated heterocycles. The Bertz CT molecular complexity index is 117. The highest BCUT2D eigenvalue weighted by atomic mass is 16.4. The molecule has 0 saturated carbocycles. The Morgan fingerprint density at radius 3 is 2.33 bits per heavy atom. The third kappa shape index (κ3) is 2.14. The molecule has 3 heteroatoms. The maximum atomic E-state index is 8.53. The minimum absolute atomic E-state index is 2.40. The molecular weight excluding hydrogens is 85.0 g/mol. The molecule has 0 rings (SSSR count). The standard InChI is InChI=1S/C3H8O3/c4-1-3(6)2-5/h3-6H,1-2H2/i1D2,2+1D,3D/t2-,3+/m0/s1. The topological polar surface area (TPSA) is 60.7 Å². The van der Waals surface area contributed by atoms with Crippen LogP contribution in [-0.4, -0.2) is 34.5 Å². The smallest absolute Gasteiger partial charge is 0.100 e. The van der Waals surface area contributed by atoms with Crippen LogP contribution in [0.4, 0.5) is 0 Å². The molecule has 3 N–H and O–H groups in total. The lowest BCUT2D eigenvalue weighted by Gasteiger charge is -1.96. The van der Waals surface area contributed by atoms with Crippen molar-refractivity contribution in [2.45, 2.75) is 6.08 Å². The minimum Gasteiger partial charge on any atom is -0.394 e. The molecule has 0 heterocycles. The van der Waals surface area contributed by atoms with Gasteiger partial charge in [0.05, 0.1) is 18.6 Å². The summed E-state index contributed by atoms with van der Waals surface area (Å²) in [5, 5.41) is 25.1. The van der Waals surface area contributed by atoms with Gasteiger partial charge < -0.3 is 15.3 Å². The Labute approximate surface area is 41.5 Å². The van der Waals surface area contributed by atoms with E-state index in [0.29, 0.717) is 0 Å². The van der Waals surface area contributed by atoms with Gasteiger partial charge in [-0.15, -0.1) is 0 Å². The lowest BCUT2D eigenvalue weighted by Crippen LogP contribution is -2.15. The molecule has 6 heavy (non-hydrogen) atoms. The fourth-order valence-electron chi connectivity index (χ4n) is 0.0289. The van der Waals surface area contributed by atoms with Gasteiger partial charge in [0.15, 0.2) is 0 Å². The normalized spacial score (nSPS) is 37.2. The number of hydrogen-bond donors (Lipinski definition) is 3. The van der Waals surface area contributed by atoms with Crippen LogP contribution in [0.3, 0.4) is 0 Å². The summed E-state index contributed by atoms with van der Waals surface area (Å²) < 4.78 is 25.6. The van der Waals surface area contributed by atoms with Crippen LogP contribution in [-0.2, 0) is 0 Å². The van der Waals surface area contributed by atoms with Crippen molar-refractivity contribution in [2.75, 3.05) is 13.1 Å². The summed E-state index contributed by atoms with van der Waals surface area (Å²) in [5.41, 5.74) is 0. The van der Waals surface area contributed by atoms with Gasteiger partial charge >= 0.3 is 0 Å². The van der Waals surface area contributed by atoms with Crippen molar-refractivity contribution in [3.63, 3.8) is 0 Å². The molecule has 0 aliphatic carbocycles. The first-order valence-corrected chi connectivity index (χ1v) is 1.24. The largest absolute Gasteiger partial charge is 0.394 e. The maximum Gasteiger partial charge on any atom is 0.100 e. The number of aliphatic hydroxyl groups excluding tert-OH is 1. The molecule has 0 amide bonds. The molecule has 0 fully saturated rings. The van der Waals surface area contributed by atoms with Crippen molar-refractivity contribution in [2.24, 2.45) is 0 Å². The van der Waals surface area contributed by atoms with Crippen molar-refractivity contribution in [3.8, 4) is 0 Å². The summed E-state index contributed by atoms with van der Waals surface area (Å²) in [6.07, 6.45) is -3.20. The van der Waals surface area contributed by atoms with E-state index in [1.54, 1.807) is 0 Å². The molecule has 2 atom stereocenters. The summed E-state index contributed by atoms with van der Waals surface area (Å²) in [5.74, 6) is 0. The van der Waals surface area contributed by atoms with E-state index >= 15 is 0 Å². The van der Waals surface area contributed by atoms with E-state index in [-0.39, 0.29) is 0 Å². The van der Waals surface area contributed by atoms with Gasteiger partial charge in [0.25, 0.3) is 0 Å². The predicted octanol–water partition coefficient (Wildman–Crippen LogP) is -1.67. The predicted molar refractivity (Wildman–Crippen MR) is 20.2 cm³/mol. The van der Waals surface area contributed by atoms with Gasteiger partial charge in [-0.3, -0.25) is 0 Å². The van der Waals surface area contributed by atoms with Gasteiger partial charge in [-0.2, -0.15) is 0 Å². The zero-order valence-electron chi connectivity index (χ0n) is 6.92. The monoisotopic (exact) mass is 97.1 g/mol. The zero-order valence-corrected chi connectivity index (χ0v) is 2.92. The van der Waals surface area contributed by atoms with Crippen molar-refractivity contribution >= 4 is 0 Å². The molecule has 0 aliphatic heterocycles. The average molecular weight is 97.1 g/mol. The highest BCUT2D eigenvalue weighted by Gasteiger charge is 1.93. The first-order valence-electron chi connectivity index (χ1n) is 3.32. The lowest BCUT2D eigenvalue weighted by molar-refractivity contribution is 0.0450. The summed E-state index contributed by atoms with van der Waals surface area (Å²) in [4.78, 5) is 0. The maximum absolute atomic E-state index is 8.53. The fraction of sp³-hybridized carbons (Fsp3) is 1.00. The van der Waals surface area contributed by atoms with Crippen LogP contribution in [0.15, 0.2) is 0 Å². The van der Waals surface area contributed by atoms with Crippen LogP contribution < -0.4 is 0 Å². The molecule has 0 aromatic rings. The van der Waals surface area contributed by atoms with Crippen LogP contribution in [0, 0.1) is 0 Å². The summed E-state index contributed by atoms with van der Waals surface area (Å²) in [7, 11) is 0. The first-order chi connectivity index (χ1) is 4.19. The molecule has 38 valence electrons. The SMILES string of the molecule is [2H][13C@H](O)[C@]([2H])(O)C([2H])([2H])O. The second-order valence-electron chi connectivity index (χ2n) is 0.626. The summed E-state index contributed by atoms with van der Waals surface area (Å²) in [6, 6.07) is 0. The van der Waals surface area contributed by atoms with Crippen LogP contribution in [0.1, 0.15) is 5.48 Å². The summed E-state index contributed by atoms with van der Waals surface area (Å²) >= 11 is 0. The third-order valence-corrected chi connectivity index (χ3v) is 0.237. The van der Waals surface area contributed by atoms with Gasteiger partial charge in [-0.05, 0) is 0 Å². The van der Waals surface area contributed by atoms with E-state index in [1.165, 1.54) is 0 Å². The number of aliphatic hydroxyl groups is 3. The second-order valence-corrected chi connectivity index (χ2v) is 0.626. The van der Waals surface area contributed by atoms with Crippen LogP contribution in [0.2, 0.25) is 0 Å². The Hall–Kier alpha value is -0.120. The number of hydrogen-bond acceptors (Lipinski definition) is 3. The Balaban J connectivity index is 4.40. The van der Waals surface area contributed by atoms with Gasteiger partial charge in [0.2, 0.25) is 0 Å². The van der Waals surface area contributed by atoms with E-state index in [4.69, 9.17) is 20.8 Å². The molecule has 0 spiro atoms. The highest BCUT2D eigenvalue weighted by Crippen LogP contribution is 1.71. The van der Waals surface area contributed by atoms with Crippen molar-refractivity contribution in [1.82, 2.24) is 0 Å². The van der Waals surface area contributed by atoms with Gasteiger partial charge in [0.1, 0.15) is 6.08 Å². The van der Waals surface area contributed by atoms with E-state index in [0.717, 1.165) is 0 Å². The molecule has 0 unspecified atom stereocenters. The van der Waals surface area contributed by atoms with Gasteiger partial charge in [0, 0.05) is 0 Å². The van der Waals surface area contributed by atoms with Gasteiger partial charge in [-0.1, -0.05) is 0 Å². The zero-order chi connectivity index (χ0) is 8.58. The minimum atomic E-state index is -3.30. The second kappa shape index (κ2) is 3.08. The average Bonchev–Trinajstić information content (AvgIpc) is 1.62. The highest BCUT2D eigenvalue weighted by molar-refractivity contribution is 4.43. The lowest BCUT2D eigenvalue weighted by atomic mass is 10.6. The van der Waals surface area contributed by atoms with E-state index in [9.17, 15) is 0 Å². The van der Waals surface area contributed by atoms with Crippen molar-refractivity contribution < 1.29 is 20.8 Å². The van der Waals surface area contributed by atoms with Crippen molar-refractivity contribution in [1.29, 1.82) is 0 Å². The molecule has 0 radical (unpaired) electrons. The molecule has 0 bridgehead atoms. The first kappa shape index (κ1) is 1.78. The summed E-state index contributed by atoms with van der Waals surface area (Å²) in [6.45, 7) is -5.69. The molecular formula is C3H8O3. The molecule has 0 aromatic heterocycles. The number of rotatable bonds is 2. The van der Waals surface area contributed by atoms with E-state index < -0.39 is 19.2 Å². The fourth-order valence-corrected chi connectivity index (χ4v) is 0.0289. The van der Waals surface area contributed by atoms with Crippen LogP contribution >= 0.6 is 0 Å². The van der Waals surface area contributed by atoms with Crippen LogP contribution in [0.25, 0.3) is 0 Å². The van der Waals surface area contributed by atoms with Crippen molar-refractivity contribution in [3.05, 3.63) is 0 Å². The molecule has 3 nitrogen and oxygen atoms in total. The van der Waals surface area contributed by atoms with Gasteiger partial charge in [-0.25, -0.2) is 0 Å². The molecule has 0 aliphatic rings. The molecule has 0 aromatic carbocycles. The quantitative estimate of drug-likeness (QED) is 0.361. The van der Waals surface area contributed by atoms with E-state index in [1.807, 2.05) is 0 Å². The Morgan fingerprint density at radius 2 is 2.33 bits per heavy atom. The van der Waals surface area contributed by atoms with E-state index in [2.05, 4.69) is 0 Å². The van der Waals surface area contributed by atoms with Crippen LogP contribution in [0.5, 0.6) is 0 Å². The Morgan fingerprint density at radius 1 is 1.83 bits per heavy atom.